The van der Waals surface area contributed by atoms with Crippen LogP contribution in [0.15, 0.2) is 18.2 Å². The first-order valence-electron chi connectivity index (χ1n) is 14.7. The Morgan fingerprint density at radius 3 is 1.61 bits per heavy atom. The fourth-order valence-corrected chi connectivity index (χ4v) is 4.41. The third-order valence-electron chi connectivity index (χ3n) is 7.05. The number of benzene rings is 1. The molecular weight excluding hydrogens is 470 g/mol. The average molecular weight is 528 g/mol. The smallest absolute Gasteiger partial charge is 0.125 e. The predicted octanol–water partition coefficient (Wildman–Crippen LogP) is 7.58. The SMILES string of the molecule is CCCCC(CC)COc1cc(OCC(CC)CCCC)cc(N(CCCN)CCCCCN)c1.Cl. The molecule has 0 aliphatic rings. The van der Waals surface area contributed by atoms with E-state index in [4.69, 9.17) is 20.9 Å². The normalized spacial score (nSPS) is 12.6. The maximum atomic E-state index is 6.39. The summed E-state index contributed by atoms with van der Waals surface area (Å²) in [6.07, 6.45) is 14.1. The standard InChI is InChI=1S/C30H57N3O2.ClH/c1-5-9-15-26(7-3)24-34-29-21-28(33(20-14-18-32)19-13-11-12-17-31)22-30(23-29)35-25-27(8-4)16-10-6-2;/h21-23,26-27H,5-20,24-25,31-32H2,1-4H3;1H. The van der Waals surface area contributed by atoms with Crippen molar-refractivity contribution in [1.82, 2.24) is 0 Å². The minimum Gasteiger partial charge on any atom is -0.493 e. The van der Waals surface area contributed by atoms with Crippen molar-refractivity contribution in [2.24, 2.45) is 23.3 Å². The van der Waals surface area contributed by atoms with Crippen LogP contribution in [0.5, 0.6) is 11.5 Å². The Kier molecular flexibility index (Phi) is 22.2. The van der Waals surface area contributed by atoms with Crippen molar-refractivity contribution >= 4 is 18.1 Å². The number of ether oxygens (including phenoxy) is 2. The lowest BCUT2D eigenvalue weighted by Crippen LogP contribution is -2.27. The second-order valence-electron chi connectivity index (χ2n) is 10.1. The summed E-state index contributed by atoms with van der Waals surface area (Å²) in [7, 11) is 0. The lowest BCUT2D eigenvalue weighted by atomic mass is 10.0. The summed E-state index contributed by atoms with van der Waals surface area (Å²) in [6.45, 7) is 14.0. The van der Waals surface area contributed by atoms with Crippen LogP contribution in [0.1, 0.15) is 105 Å². The van der Waals surface area contributed by atoms with Gasteiger partial charge in [-0.2, -0.15) is 0 Å². The van der Waals surface area contributed by atoms with Crippen molar-refractivity contribution in [3.63, 3.8) is 0 Å². The molecule has 2 unspecified atom stereocenters. The molecule has 0 heterocycles. The number of halogens is 1. The van der Waals surface area contributed by atoms with Gasteiger partial charge in [-0.25, -0.2) is 0 Å². The van der Waals surface area contributed by atoms with Crippen molar-refractivity contribution in [3.8, 4) is 11.5 Å². The number of nitrogens with two attached hydrogens (primary N) is 2. The maximum Gasteiger partial charge on any atom is 0.125 e. The van der Waals surface area contributed by atoms with Crippen LogP contribution in [0.4, 0.5) is 5.69 Å². The highest BCUT2D eigenvalue weighted by Crippen LogP contribution is 2.31. The zero-order valence-electron chi connectivity index (χ0n) is 23.9. The topological polar surface area (TPSA) is 73.7 Å². The number of nitrogens with zero attached hydrogens (tertiary/aromatic N) is 1. The molecule has 6 heteroatoms. The summed E-state index contributed by atoms with van der Waals surface area (Å²) in [4.78, 5) is 2.45. The Morgan fingerprint density at radius 2 is 1.17 bits per heavy atom. The minimum atomic E-state index is 0. The van der Waals surface area contributed by atoms with Gasteiger partial charge in [0.15, 0.2) is 0 Å². The fourth-order valence-electron chi connectivity index (χ4n) is 4.41. The molecule has 212 valence electrons. The molecule has 0 spiro atoms. The van der Waals surface area contributed by atoms with Gasteiger partial charge >= 0.3 is 0 Å². The zero-order chi connectivity index (χ0) is 25.7. The van der Waals surface area contributed by atoms with E-state index in [1.165, 1.54) is 44.2 Å². The van der Waals surface area contributed by atoms with Crippen molar-refractivity contribution in [3.05, 3.63) is 18.2 Å². The molecule has 0 saturated carbocycles. The Hall–Kier alpha value is -1.17. The second kappa shape index (κ2) is 23.0. The summed E-state index contributed by atoms with van der Waals surface area (Å²) in [5, 5.41) is 0. The molecule has 1 rings (SSSR count). The Balaban J connectivity index is 0.0000122. The molecule has 1 aromatic rings. The van der Waals surface area contributed by atoms with E-state index < -0.39 is 0 Å². The van der Waals surface area contributed by atoms with Crippen LogP contribution in [0, 0.1) is 11.8 Å². The molecule has 0 fully saturated rings. The van der Waals surface area contributed by atoms with Crippen molar-refractivity contribution in [2.75, 3.05) is 44.3 Å². The molecule has 0 amide bonds. The van der Waals surface area contributed by atoms with E-state index in [0.29, 0.717) is 18.4 Å². The highest BCUT2D eigenvalue weighted by Gasteiger charge is 2.14. The number of rotatable bonds is 23. The zero-order valence-corrected chi connectivity index (χ0v) is 24.8. The molecule has 0 aliphatic heterocycles. The largest absolute Gasteiger partial charge is 0.493 e. The molecule has 2 atom stereocenters. The van der Waals surface area contributed by atoms with Crippen LogP contribution >= 0.6 is 12.4 Å². The van der Waals surface area contributed by atoms with Gasteiger partial charge in [0.2, 0.25) is 0 Å². The molecule has 0 aliphatic carbocycles. The molecule has 0 aromatic heterocycles. The van der Waals surface area contributed by atoms with Gasteiger partial charge in [0.25, 0.3) is 0 Å². The fraction of sp³-hybridized carbons (Fsp3) is 0.800. The Bertz CT molecular complexity index is 594. The summed E-state index contributed by atoms with van der Waals surface area (Å²) >= 11 is 0. The van der Waals surface area contributed by atoms with Crippen LogP contribution in [0.3, 0.4) is 0 Å². The molecule has 36 heavy (non-hydrogen) atoms. The first kappa shape index (κ1) is 34.8. The van der Waals surface area contributed by atoms with Crippen LogP contribution in [0.2, 0.25) is 0 Å². The molecule has 1 aromatic carbocycles. The third-order valence-corrected chi connectivity index (χ3v) is 7.05. The first-order valence-corrected chi connectivity index (χ1v) is 14.7. The maximum absolute atomic E-state index is 6.39. The van der Waals surface area contributed by atoms with E-state index in [1.54, 1.807) is 0 Å². The van der Waals surface area contributed by atoms with E-state index >= 15 is 0 Å². The van der Waals surface area contributed by atoms with E-state index in [9.17, 15) is 0 Å². The van der Waals surface area contributed by atoms with Gasteiger partial charge in [0.05, 0.1) is 13.2 Å². The summed E-state index contributed by atoms with van der Waals surface area (Å²) in [5.74, 6) is 3.06. The molecule has 0 radical (unpaired) electrons. The first-order chi connectivity index (χ1) is 17.1. The molecule has 0 saturated heterocycles. The second-order valence-corrected chi connectivity index (χ2v) is 10.1. The van der Waals surface area contributed by atoms with Gasteiger partial charge in [-0.15, -0.1) is 12.4 Å². The van der Waals surface area contributed by atoms with Crippen LogP contribution in [0.25, 0.3) is 0 Å². The molecule has 5 nitrogen and oxygen atoms in total. The molecule has 0 bridgehead atoms. The van der Waals surface area contributed by atoms with Crippen LogP contribution in [-0.4, -0.2) is 39.4 Å². The van der Waals surface area contributed by atoms with E-state index in [2.05, 4.69) is 50.8 Å². The predicted molar refractivity (Wildman–Crippen MR) is 160 cm³/mol. The quantitative estimate of drug-likeness (QED) is 0.143. The van der Waals surface area contributed by atoms with Gasteiger partial charge in [-0.1, -0.05) is 72.6 Å². The highest BCUT2D eigenvalue weighted by molar-refractivity contribution is 5.85. The Labute approximate surface area is 229 Å². The lowest BCUT2D eigenvalue weighted by molar-refractivity contribution is 0.223. The number of unbranched alkanes of at least 4 members (excludes halogenated alkanes) is 4. The number of anilines is 1. The molecule has 4 N–H and O–H groups in total. The third kappa shape index (κ3) is 15.2. The van der Waals surface area contributed by atoms with Crippen molar-refractivity contribution in [1.29, 1.82) is 0 Å². The lowest BCUT2D eigenvalue weighted by Gasteiger charge is -2.27. The minimum absolute atomic E-state index is 0. The average Bonchev–Trinajstić information content (AvgIpc) is 2.88. The van der Waals surface area contributed by atoms with Crippen molar-refractivity contribution < 1.29 is 9.47 Å². The highest BCUT2D eigenvalue weighted by atomic mass is 35.5. The summed E-state index contributed by atoms with van der Waals surface area (Å²) < 4.78 is 12.8. The van der Waals surface area contributed by atoms with E-state index in [-0.39, 0.29) is 12.4 Å². The summed E-state index contributed by atoms with van der Waals surface area (Å²) in [6, 6.07) is 6.50. The van der Waals surface area contributed by atoms with Gasteiger partial charge in [-0.3, -0.25) is 0 Å². The van der Waals surface area contributed by atoms with Gasteiger partial charge in [0.1, 0.15) is 11.5 Å². The van der Waals surface area contributed by atoms with E-state index in [0.717, 1.165) is 82.9 Å². The summed E-state index contributed by atoms with van der Waals surface area (Å²) in [5.41, 5.74) is 12.8. The van der Waals surface area contributed by atoms with Crippen molar-refractivity contribution in [2.45, 2.75) is 105 Å². The molecular formula is C30H58ClN3O2. The van der Waals surface area contributed by atoms with E-state index in [1.807, 2.05) is 0 Å². The monoisotopic (exact) mass is 527 g/mol. The van der Waals surface area contributed by atoms with Gasteiger partial charge < -0.3 is 25.8 Å². The van der Waals surface area contributed by atoms with Crippen LogP contribution in [-0.2, 0) is 0 Å². The Morgan fingerprint density at radius 1 is 0.667 bits per heavy atom. The van der Waals surface area contributed by atoms with Crippen LogP contribution < -0.4 is 25.8 Å². The number of hydrogen-bond acceptors (Lipinski definition) is 5. The van der Waals surface area contributed by atoms with Gasteiger partial charge in [-0.05, 0) is 57.0 Å². The number of hydrogen-bond donors (Lipinski definition) is 2. The van der Waals surface area contributed by atoms with Gasteiger partial charge in [0, 0.05) is 37.0 Å².